The number of nitrogens with one attached hydrogen (secondary N) is 1. The number of nitrogen functional groups attached to an aromatic ring is 1. The van der Waals surface area contributed by atoms with Crippen LogP contribution in [0.3, 0.4) is 0 Å². The second-order valence-corrected chi connectivity index (χ2v) is 7.39. The van der Waals surface area contributed by atoms with Crippen LogP contribution in [0, 0.1) is 0 Å². The number of nitrogens with two attached hydrogens (primary N) is 1. The fraction of sp³-hybridized carbons (Fsp3) is 0.0800. The first kappa shape index (κ1) is 18.1. The van der Waals surface area contributed by atoms with Crippen molar-refractivity contribution in [3.05, 3.63) is 107 Å². The fourth-order valence-electron chi connectivity index (χ4n) is 4.04. The van der Waals surface area contributed by atoms with Crippen molar-refractivity contribution in [2.75, 3.05) is 11.1 Å². The number of aromatic nitrogens is 2. The Morgan fingerprint density at radius 3 is 2.47 bits per heavy atom. The van der Waals surface area contributed by atoms with Gasteiger partial charge in [0, 0.05) is 28.9 Å². The third-order valence-corrected chi connectivity index (χ3v) is 5.51. The van der Waals surface area contributed by atoms with Gasteiger partial charge in [-0.2, -0.15) is 0 Å². The minimum Gasteiger partial charge on any atom is -0.368 e. The maximum absolute atomic E-state index is 12.4. The SMILES string of the molecule is Nc1ncc2c(n1)-c1ccccc1C(c1ccc(NC(=O)c3ccccc3)cc1)C2. The highest BCUT2D eigenvalue weighted by Gasteiger charge is 2.27. The normalized spacial score (nSPS) is 14.5. The van der Waals surface area contributed by atoms with Gasteiger partial charge in [-0.25, -0.2) is 9.97 Å². The number of rotatable bonds is 3. The Morgan fingerprint density at radius 1 is 0.933 bits per heavy atom. The van der Waals surface area contributed by atoms with E-state index in [4.69, 9.17) is 5.73 Å². The van der Waals surface area contributed by atoms with Gasteiger partial charge in [0.1, 0.15) is 0 Å². The number of carbonyl (C=O) groups excluding carboxylic acids is 1. The summed E-state index contributed by atoms with van der Waals surface area (Å²) in [6.45, 7) is 0. The molecule has 5 nitrogen and oxygen atoms in total. The predicted molar refractivity (Wildman–Crippen MR) is 118 cm³/mol. The van der Waals surface area contributed by atoms with Gasteiger partial charge in [-0.1, -0.05) is 54.6 Å². The Morgan fingerprint density at radius 2 is 1.67 bits per heavy atom. The molecule has 5 rings (SSSR count). The third-order valence-electron chi connectivity index (χ3n) is 5.51. The Hall–Kier alpha value is -3.99. The van der Waals surface area contributed by atoms with Gasteiger partial charge >= 0.3 is 0 Å². The van der Waals surface area contributed by atoms with Crippen LogP contribution < -0.4 is 11.1 Å². The van der Waals surface area contributed by atoms with Crippen LogP contribution in [0.15, 0.2) is 85.1 Å². The van der Waals surface area contributed by atoms with Gasteiger partial charge in [-0.05, 0) is 47.4 Å². The molecule has 1 aliphatic rings. The smallest absolute Gasteiger partial charge is 0.255 e. The average Bonchev–Trinajstić information content (AvgIpc) is 2.80. The molecule has 3 aromatic carbocycles. The Kier molecular flexibility index (Phi) is 4.48. The van der Waals surface area contributed by atoms with Crippen LogP contribution in [0.5, 0.6) is 0 Å². The number of hydrogen-bond acceptors (Lipinski definition) is 4. The summed E-state index contributed by atoms with van der Waals surface area (Å²) in [5, 5.41) is 2.96. The van der Waals surface area contributed by atoms with Crippen molar-refractivity contribution in [1.29, 1.82) is 0 Å². The summed E-state index contributed by atoms with van der Waals surface area (Å²) in [5.41, 5.74) is 12.8. The molecule has 4 aromatic rings. The topological polar surface area (TPSA) is 80.9 Å². The number of amides is 1. The van der Waals surface area contributed by atoms with E-state index >= 15 is 0 Å². The van der Waals surface area contributed by atoms with Crippen LogP contribution in [0.1, 0.15) is 33.0 Å². The quantitative estimate of drug-likeness (QED) is 0.531. The van der Waals surface area contributed by atoms with Gasteiger partial charge < -0.3 is 11.1 Å². The van der Waals surface area contributed by atoms with Gasteiger partial charge in [0.2, 0.25) is 5.95 Å². The zero-order chi connectivity index (χ0) is 20.5. The molecule has 1 aromatic heterocycles. The number of hydrogen-bond donors (Lipinski definition) is 2. The molecule has 0 bridgehead atoms. The molecule has 0 fully saturated rings. The van der Waals surface area contributed by atoms with Crippen molar-refractivity contribution >= 4 is 17.5 Å². The van der Waals surface area contributed by atoms with E-state index in [0.29, 0.717) is 11.5 Å². The zero-order valence-corrected chi connectivity index (χ0v) is 16.2. The highest BCUT2D eigenvalue weighted by molar-refractivity contribution is 6.04. The van der Waals surface area contributed by atoms with Crippen LogP contribution in [0.4, 0.5) is 11.6 Å². The molecule has 5 heteroatoms. The molecule has 1 aliphatic carbocycles. The molecule has 0 saturated heterocycles. The molecule has 0 spiro atoms. The van der Waals surface area contributed by atoms with Crippen LogP contribution in [-0.2, 0) is 6.42 Å². The van der Waals surface area contributed by atoms with Gasteiger partial charge in [0.05, 0.1) is 5.69 Å². The average molecular weight is 392 g/mol. The van der Waals surface area contributed by atoms with Gasteiger partial charge in [-0.15, -0.1) is 0 Å². The lowest BCUT2D eigenvalue weighted by atomic mass is 9.78. The van der Waals surface area contributed by atoms with Crippen molar-refractivity contribution < 1.29 is 4.79 Å². The zero-order valence-electron chi connectivity index (χ0n) is 16.2. The lowest BCUT2D eigenvalue weighted by Gasteiger charge is -2.27. The summed E-state index contributed by atoms with van der Waals surface area (Å²) in [7, 11) is 0. The molecule has 146 valence electrons. The number of anilines is 2. The minimum atomic E-state index is -0.116. The number of carbonyl (C=O) groups is 1. The molecular weight excluding hydrogens is 372 g/mol. The van der Waals surface area contributed by atoms with Crippen molar-refractivity contribution in [3.63, 3.8) is 0 Å². The highest BCUT2D eigenvalue weighted by Crippen LogP contribution is 2.41. The molecule has 0 saturated carbocycles. The summed E-state index contributed by atoms with van der Waals surface area (Å²) >= 11 is 0. The maximum atomic E-state index is 12.4. The van der Waals surface area contributed by atoms with Crippen molar-refractivity contribution in [1.82, 2.24) is 9.97 Å². The molecule has 1 atom stereocenters. The second-order valence-electron chi connectivity index (χ2n) is 7.39. The van der Waals surface area contributed by atoms with Crippen molar-refractivity contribution in [2.45, 2.75) is 12.3 Å². The van der Waals surface area contributed by atoms with Crippen LogP contribution in [0.25, 0.3) is 11.3 Å². The molecule has 1 unspecified atom stereocenters. The van der Waals surface area contributed by atoms with E-state index in [1.165, 1.54) is 11.1 Å². The Labute approximate surface area is 174 Å². The van der Waals surface area contributed by atoms with Crippen molar-refractivity contribution in [2.24, 2.45) is 0 Å². The standard InChI is InChI=1S/C25H20N4O/c26-25-27-15-18-14-22(20-8-4-5-9-21(20)23(18)29-25)16-10-12-19(13-11-16)28-24(30)17-6-2-1-3-7-17/h1-13,15,22H,14H2,(H,28,30)(H2,26,27,29). The molecule has 30 heavy (non-hydrogen) atoms. The Balaban J connectivity index is 1.44. The summed E-state index contributed by atoms with van der Waals surface area (Å²) in [6.07, 6.45) is 2.64. The van der Waals surface area contributed by atoms with E-state index in [9.17, 15) is 4.79 Å². The van der Waals surface area contributed by atoms with E-state index in [2.05, 4.69) is 45.6 Å². The number of nitrogens with zero attached hydrogens (tertiary/aromatic N) is 2. The lowest BCUT2D eigenvalue weighted by molar-refractivity contribution is 0.102. The summed E-state index contributed by atoms with van der Waals surface area (Å²) in [5.74, 6) is 0.371. The van der Waals surface area contributed by atoms with Crippen LogP contribution in [-0.4, -0.2) is 15.9 Å². The highest BCUT2D eigenvalue weighted by atomic mass is 16.1. The predicted octanol–water partition coefficient (Wildman–Crippen LogP) is 4.67. The van der Waals surface area contributed by atoms with E-state index in [0.717, 1.165) is 28.9 Å². The van der Waals surface area contributed by atoms with Gasteiger partial charge in [-0.3, -0.25) is 4.79 Å². The largest absolute Gasteiger partial charge is 0.368 e. The minimum absolute atomic E-state index is 0.116. The number of benzene rings is 3. The summed E-state index contributed by atoms with van der Waals surface area (Å²) in [6, 6.07) is 25.6. The van der Waals surface area contributed by atoms with E-state index in [1.54, 1.807) is 12.1 Å². The van der Waals surface area contributed by atoms with Crippen LogP contribution >= 0.6 is 0 Å². The van der Waals surface area contributed by atoms with E-state index in [1.807, 2.05) is 42.6 Å². The molecule has 3 N–H and O–H groups in total. The fourth-order valence-corrected chi connectivity index (χ4v) is 4.04. The molecule has 0 radical (unpaired) electrons. The number of fused-ring (bicyclic) bond motifs is 3. The lowest BCUT2D eigenvalue weighted by Crippen LogP contribution is -2.15. The first-order valence-corrected chi connectivity index (χ1v) is 9.86. The molecule has 1 amide bonds. The molecular formula is C25H20N4O. The first-order chi connectivity index (χ1) is 14.7. The molecule has 1 heterocycles. The van der Waals surface area contributed by atoms with Crippen molar-refractivity contribution in [3.8, 4) is 11.3 Å². The second kappa shape index (κ2) is 7.44. The van der Waals surface area contributed by atoms with E-state index in [-0.39, 0.29) is 11.8 Å². The van der Waals surface area contributed by atoms with Gasteiger partial charge in [0.15, 0.2) is 0 Å². The third kappa shape index (κ3) is 3.31. The van der Waals surface area contributed by atoms with E-state index < -0.39 is 0 Å². The maximum Gasteiger partial charge on any atom is 0.255 e. The van der Waals surface area contributed by atoms with Gasteiger partial charge in [0.25, 0.3) is 5.91 Å². The summed E-state index contributed by atoms with van der Waals surface area (Å²) in [4.78, 5) is 21.1. The summed E-state index contributed by atoms with van der Waals surface area (Å²) < 4.78 is 0. The van der Waals surface area contributed by atoms with Crippen LogP contribution in [0.2, 0.25) is 0 Å². The monoisotopic (exact) mass is 392 g/mol. The molecule has 0 aliphatic heterocycles. The first-order valence-electron chi connectivity index (χ1n) is 9.86. The Bertz CT molecular complexity index is 1220.